The fourth-order valence-corrected chi connectivity index (χ4v) is 4.01. The third-order valence-corrected chi connectivity index (χ3v) is 5.21. The van der Waals surface area contributed by atoms with Crippen LogP contribution in [0.15, 0.2) is 78.6 Å². The Morgan fingerprint density at radius 2 is 1.76 bits per heavy atom. The van der Waals surface area contributed by atoms with Crippen molar-refractivity contribution >= 4 is 5.69 Å². The first-order valence-electron chi connectivity index (χ1n) is 7.57. The largest absolute Gasteiger partial charge is 0.337 e. The third kappa shape index (κ3) is 1.63. The monoisotopic (exact) mass is 276 g/mol. The summed E-state index contributed by atoms with van der Waals surface area (Å²) in [4.78, 5) is 2.45. The number of rotatable bonds is 1. The molecule has 2 N–H and O–H groups in total. The van der Waals surface area contributed by atoms with Crippen molar-refractivity contribution in [1.29, 1.82) is 0 Å². The van der Waals surface area contributed by atoms with Crippen molar-refractivity contribution in [3.8, 4) is 0 Å². The van der Waals surface area contributed by atoms with E-state index in [-0.39, 0.29) is 11.5 Å². The number of nitrogens with zero attached hydrogens (tertiary/aromatic N) is 1. The van der Waals surface area contributed by atoms with Crippen LogP contribution in [0, 0.1) is 11.3 Å². The molecule has 21 heavy (non-hydrogen) atoms. The van der Waals surface area contributed by atoms with Crippen LogP contribution in [0.5, 0.6) is 0 Å². The normalized spacial score (nSPS) is 36.4. The number of hydrogen-bond donors (Lipinski definition) is 1. The van der Waals surface area contributed by atoms with E-state index in [1.165, 1.54) is 11.4 Å². The summed E-state index contributed by atoms with van der Waals surface area (Å²) < 4.78 is 0. The molecule has 4 unspecified atom stereocenters. The molecular weight excluding hydrogens is 256 g/mol. The van der Waals surface area contributed by atoms with Gasteiger partial charge in [0.1, 0.15) is 0 Å². The third-order valence-electron chi connectivity index (χ3n) is 5.21. The van der Waals surface area contributed by atoms with Gasteiger partial charge in [0, 0.05) is 28.8 Å². The standard InChI is InChI=1S/C19H20N2/c1-19-15-10-5-6-11-16(15)21(14-8-3-2-4-9-14)18(19)13-7-12-17(19)20/h2-13,15-17H,20H2,1H3. The van der Waals surface area contributed by atoms with Crippen molar-refractivity contribution in [2.75, 3.05) is 4.90 Å². The molecular formula is C19H20N2. The molecule has 4 rings (SSSR count). The Labute approximate surface area is 125 Å². The van der Waals surface area contributed by atoms with E-state index in [9.17, 15) is 0 Å². The summed E-state index contributed by atoms with van der Waals surface area (Å²) in [5.41, 5.74) is 9.01. The zero-order valence-corrected chi connectivity index (χ0v) is 12.2. The van der Waals surface area contributed by atoms with Crippen LogP contribution in [0.25, 0.3) is 0 Å². The second kappa shape index (κ2) is 4.47. The minimum atomic E-state index is -0.0451. The maximum Gasteiger partial charge on any atom is 0.0594 e. The number of hydrogen-bond acceptors (Lipinski definition) is 2. The maximum atomic E-state index is 6.49. The van der Waals surface area contributed by atoms with Crippen molar-refractivity contribution in [2.24, 2.45) is 17.1 Å². The predicted molar refractivity (Wildman–Crippen MR) is 87.8 cm³/mol. The quantitative estimate of drug-likeness (QED) is 0.851. The summed E-state index contributed by atoms with van der Waals surface area (Å²) >= 11 is 0. The Kier molecular flexibility index (Phi) is 2.69. The lowest BCUT2D eigenvalue weighted by Gasteiger charge is -2.37. The topological polar surface area (TPSA) is 29.3 Å². The van der Waals surface area contributed by atoms with Crippen LogP contribution in [0.4, 0.5) is 5.69 Å². The van der Waals surface area contributed by atoms with E-state index in [0.717, 1.165) is 0 Å². The molecule has 1 saturated heterocycles. The van der Waals surface area contributed by atoms with Crippen molar-refractivity contribution in [3.05, 3.63) is 78.6 Å². The lowest BCUT2D eigenvalue weighted by atomic mass is 9.67. The molecule has 0 aromatic heterocycles. The molecule has 1 aromatic rings. The van der Waals surface area contributed by atoms with E-state index < -0.39 is 0 Å². The second-order valence-corrected chi connectivity index (χ2v) is 6.24. The first-order chi connectivity index (χ1) is 10.2. The highest BCUT2D eigenvalue weighted by molar-refractivity contribution is 5.62. The summed E-state index contributed by atoms with van der Waals surface area (Å²) in [6.45, 7) is 2.30. The van der Waals surface area contributed by atoms with Gasteiger partial charge in [-0.1, -0.05) is 61.6 Å². The summed E-state index contributed by atoms with van der Waals surface area (Å²) in [5.74, 6) is 0.411. The Bertz CT molecular complexity index is 668. The van der Waals surface area contributed by atoms with Gasteiger partial charge in [0.15, 0.2) is 0 Å². The highest BCUT2D eigenvalue weighted by Gasteiger charge is 2.55. The number of benzene rings is 1. The lowest BCUT2D eigenvalue weighted by Crippen LogP contribution is -2.44. The van der Waals surface area contributed by atoms with E-state index in [4.69, 9.17) is 5.73 Å². The summed E-state index contributed by atoms with van der Waals surface area (Å²) in [5, 5.41) is 0. The molecule has 106 valence electrons. The van der Waals surface area contributed by atoms with Gasteiger partial charge in [0.05, 0.1) is 6.04 Å². The van der Waals surface area contributed by atoms with Gasteiger partial charge in [0.25, 0.3) is 0 Å². The van der Waals surface area contributed by atoms with E-state index in [2.05, 4.69) is 84.7 Å². The molecule has 1 aliphatic heterocycles. The zero-order valence-electron chi connectivity index (χ0n) is 12.2. The number of para-hydroxylation sites is 1. The Balaban J connectivity index is 1.90. The van der Waals surface area contributed by atoms with Crippen LogP contribution in [0.3, 0.4) is 0 Å². The molecule has 4 atom stereocenters. The summed E-state index contributed by atoms with van der Waals surface area (Å²) in [6, 6.07) is 11.0. The average Bonchev–Trinajstić information content (AvgIpc) is 2.80. The van der Waals surface area contributed by atoms with Gasteiger partial charge < -0.3 is 10.6 Å². The molecule has 3 aliphatic rings. The van der Waals surface area contributed by atoms with Gasteiger partial charge in [-0.25, -0.2) is 0 Å². The Morgan fingerprint density at radius 1 is 1.00 bits per heavy atom. The van der Waals surface area contributed by atoms with Gasteiger partial charge in [-0.15, -0.1) is 0 Å². The molecule has 2 aliphatic carbocycles. The fraction of sp³-hybridized carbons (Fsp3) is 0.263. The molecule has 1 heterocycles. The van der Waals surface area contributed by atoms with Crippen LogP contribution in [0.1, 0.15) is 6.92 Å². The highest BCUT2D eigenvalue weighted by atomic mass is 15.2. The van der Waals surface area contributed by atoms with E-state index in [1.54, 1.807) is 0 Å². The van der Waals surface area contributed by atoms with Crippen LogP contribution in [0.2, 0.25) is 0 Å². The average molecular weight is 276 g/mol. The molecule has 0 spiro atoms. The van der Waals surface area contributed by atoms with Crippen molar-refractivity contribution in [3.63, 3.8) is 0 Å². The van der Waals surface area contributed by atoms with Crippen LogP contribution < -0.4 is 10.6 Å². The molecule has 0 saturated carbocycles. The number of anilines is 1. The van der Waals surface area contributed by atoms with Crippen LogP contribution >= 0.6 is 0 Å². The Hall–Kier alpha value is -2.06. The zero-order chi connectivity index (χ0) is 14.4. The second-order valence-electron chi connectivity index (χ2n) is 6.24. The predicted octanol–water partition coefficient (Wildman–Crippen LogP) is 3.40. The maximum absolute atomic E-state index is 6.49. The highest BCUT2D eigenvalue weighted by Crippen LogP contribution is 2.54. The van der Waals surface area contributed by atoms with Gasteiger partial charge in [-0.05, 0) is 18.2 Å². The number of allylic oxidation sites excluding steroid dienone is 4. The van der Waals surface area contributed by atoms with Gasteiger partial charge >= 0.3 is 0 Å². The lowest BCUT2D eigenvalue weighted by molar-refractivity contribution is 0.286. The van der Waals surface area contributed by atoms with Crippen LogP contribution in [-0.4, -0.2) is 12.1 Å². The van der Waals surface area contributed by atoms with Crippen molar-refractivity contribution in [1.82, 2.24) is 0 Å². The first kappa shape index (κ1) is 12.7. The Morgan fingerprint density at radius 3 is 2.57 bits per heavy atom. The minimum absolute atomic E-state index is 0.0451. The number of nitrogens with two attached hydrogens (primary N) is 1. The molecule has 2 heteroatoms. The minimum Gasteiger partial charge on any atom is -0.337 e. The summed E-state index contributed by atoms with van der Waals surface area (Å²) in [6.07, 6.45) is 15.4. The molecule has 0 amide bonds. The van der Waals surface area contributed by atoms with Crippen LogP contribution in [-0.2, 0) is 0 Å². The molecule has 1 fully saturated rings. The molecule has 2 nitrogen and oxygen atoms in total. The SMILES string of the molecule is CC12C(=CC=CC1N)N(c1ccccc1)C1C=CC=CC12. The first-order valence-corrected chi connectivity index (χ1v) is 7.57. The van der Waals surface area contributed by atoms with Gasteiger partial charge in [0.2, 0.25) is 0 Å². The van der Waals surface area contributed by atoms with E-state index in [0.29, 0.717) is 12.0 Å². The molecule has 1 aromatic carbocycles. The van der Waals surface area contributed by atoms with Crippen molar-refractivity contribution < 1.29 is 0 Å². The van der Waals surface area contributed by atoms with E-state index in [1.807, 2.05) is 0 Å². The summed E-state index contributed by atoms with van der Waals surface area (Å²) in [7, 11) is 0. The molecule has 0 radical (unpaired) electrons. The fourth-order valence-electron chi connectivity index (χ4n) is 4.01. The van der Waals surface area contributed by atoms with E-state index >= 15 is 0 Å². The van der Waals surface area contributed by atoms with Gasteiger partial charge in [-0.2, -0.15) is 0 Å². The van der Waals surface area contributed by atoms with Crippen molar-refractivity contribution in [2.45, 2.75) is 19.0 Å². The smallest absolute Gasteiger partial charge is 0.0594 e. The van der Waals surface area contributed by atoms with Gasteiger partial charge in [-0.3, -0.25) is 0 Å². The number of fused-ring (bicyclic) bond motifs is 3. The molecule has 0 bridgehead atoms.